The molecule has 0 saturated heterocycles. The lowest BCUT2D eigenvalue weighted by atomic mass is 9.97. The first-order valence-electron chi connectivity index (χ1n) is 8.20. The topological polar surface area (TPSA) is 38.0 Å². The minimum absolute atomic E-state index is 0.131. The molecule has 2 aliphatic heterocycles. The fourth-order valence-corrected chi connectivity index (χ4v) is 3.87. The third-order valence-electron chi connectivity index (χ3n) is 4.64. The van der Waals surface area contributed by atoms with Crippen LogP contribution in [0.5, 0.6) is 5.75 Å². The van der Waals surface area contributed by atoms with Crippen LogP contribution in [-0.4, -0.2) is 10.7 Å². The molecule has 25 heavy (non-hydrogen) atoms. The highest BCUT2D eigenvalue weighted by atomic mass is 79.9. The minimum Gasteiger partial charge on any atom is -0.464 e. The molecule has 0 saturated carbocycles. The molecule has 1 aromatic heterocycles. The van der Waals surface area contributed by atoms with E-state index in [4.69, 9.17) is 14.3 Å². The van der Waals surface area contributed by atoms with Crippen molar-refractivity contribution in [1.29, 1.82) is 0 Å². The van der Waals surface area contributed by atoms with Gasteiger partial charge in [-0.2, -0.15) is 5.10 Å². The second-order valence-corrected chi connectivity index (χ2v) is 7.10. The zero-order valence-electron chi connectivity index (χ0n) is 13.3. The summed E-state index contributed by atoms with van der Waals surface area (Å²) < 4.78 is 12.9. The van der Waals surface area contributed by atoms with Gasteiger partial charge in [-0.05, 0) is 30.3 Å². The average molecular weight is 395 g/mol. The van der Waals surface area contributed by atoms with Crippen molar-refractivity contribution in [2.24, 2.45) is 5.10 Å². The Hall–Kier alpha value is -2.53. The van der Waals surface area contributed by atoms with Crippen LogP contribution in [0.15, 0.2) is 80.9 Å². The van der Waals surface area contributed by atoms with E-state index in [1.165, 1.54) is 0 Å². The highest BCUT2D eigenvalue weighted by Crippen LogP contribution is 2.48. The third kappa shape index (κ3) is 2.46. The summed E-state index contributed by atoms with van der Waals surface area (Å²) in [6.45, 7) is 0. The number of ether oxygens (including phenoxy) is 1. The van der Waals surface area contributed by atoms with Crippen molar-refractivity contribution in [2.75, 3.05) is 0 Å². The van der Waals surface area contributed by atoms with E-state index in [0.717, 1.165) is 39.2 Å². The molecule has 0 unspecified atom stereocenters. The molecule has 0 bridgehead atoms. The fraction of sp³-hybridized carbons (Fsp3) is 0.150. The van der Waals surface area contributed by atoms with Crippen molar-refractivity contribution in [3.05, 3.63) is 88.3 Å². The van der Waals surface area contributed by atoms with Gasteiger partial charge >= 0.3 is 0 Å². The zero-order valence-corrected chi connectivity index (χ0v) is 14.9. The summed E-state index contributed by atoms with van der Waals surface area (Å²) in [5.41, 5.74) is 3.18. The van der Waals surface area contributed by atoms with Crippen molar-refractivity contribution in [2.45, 2.75) is 18.7 Å². The lowest BCUT2D eigenvalue weighted by Crippen LogP contribution is -2.33. The molecular weight excluding hydrogens is 380 g/mol. The lowest BCUT2D eigenvalue weighted by Gasteiger charge is -2.38. The monoisotopic (exact) mass is 394 g/mol. The van der Waals surface area contributed by atoms with E-state index in [-0.39, 0.29) is 12.3 Å². The highest BCUT2D eigenvalue weighted by Gasteiger charge is 2.41. The Morgan fingerprint density at radius 1 is 1.04 bits per heavy atom. The Morgan fingerprint density at radius 2 is 1.92 bits per heavy atom. The molecule has 4 nitrogen and oxygen atoms in total. The van der Waals surface area contributed by atoms with Gasteiger partial charge in [-0.15, -0.1) is 0 Å². The molecule has 124 valence electrons. The Bertz CT molecular complexity index is 938. The molecule has 0 fully saturated rings. The van der Waals surface area contributed by atoms with Crippen molar-refractivity contribution in [1.82, 2.24) is 5.01 Å². The molecule has 0 radical (unpaired) electrons. The van der Waals surface area contributed by atoms with Gasteiger partial charge in [-0.25, -0.2) is 5.01 Å². The normalized spacial score (nSPS) is 21.3. The number of halogens is 1. The standard InChI is InChI=1S/C20H15BrN2O2/c21-14-8-9-18-15(11-14)17-12-16(19-7-4-10-24-19)22-23(17)20(25-18)13-5-2-1-3-6-13/h1-11,17,20H,12H2/t17-,20-/m0/s1. The SMILES string of the molecule is Brc1ccc2c(c1)[C@@H]1CC(c3ccco3)=NN1[C@H](c1ccccc1)O2. The molecule has 0 amide bonds. The lowest BCUT2D eigenvalue weighted by molar-refractivity contribution is -0.0190. The van der Waals surface area contributed by atoms with Crippen LogP contribution >= 0.6 is 15.9 Å². The summed E-state index contributed by atoms with van der Waals surface area (Å²) in [5, 5.41) is 6.91. The van der Waals surface area contributed by atoms with Crippen LogP contribution in [-0.2, 0) is 0 Å². The van der Waals surface area contributed by atoms with Crippen LogP contribution in [0.1, 0.15) is 35.6 Å². The van der Waals surface area contributed by atoms with E-state index >= 15 is 0 Å². The number of fused-ring (bicyclic) bond motifs is 3. The van der Waals surface area contributed by atoms with Crippen molar-refractivity contribution in [3.8, 4) is 5.75 Å². The number of benzene rings is 2. The number of rotatable bonds is 2. The van der Waals surface area contributed by atoms with E-state index in [1.807, 2.05) is 42.5 Å². The summed E-state index contributed by atoms with van der Waals surface area (Å²) in [6.07, 6.45) is 2.24. The average Bonchev–Trinajstić information content (AvgIpc) is 3.31. The molecule has 3 aromatic rings. The molecule has 5 heteroatoms. The van der Waals surface area contributed by atoms with Crippen LogP contribution in [0.3, 0.4) is 0 Å². The van der Waals surface area contributed by atoms with Gasteiger partial charge in [0, 0.05) is 22.0 Å². The van der Waals surface area contributed by atoms with Crippen LogP contribution in [0.25, 0.3) is 0 Å². The first kappa shape index (κ1) is 14.8. The largest absolute Gasteiger partial charge is 0.464 e. The van der Waals surface area contributed by atoms with Gasteiger partial charge < -0.3 is 9.15 Å². The Balaban J connectivity index is 1.62. The van der Waals surface area contributed by atoms with Gasteiger partial charge in [0.05, 0.1) is 12.3 Å². The van der Waals surface area contributed by atoms with E-state index in [1.54, 1.807) is 6.26 Å². The Kier molecular flexibility index (Phi) is 3.41. The molecule has 5 rings (SSSR count). The third-order valence-corrected chi connectivity index (χ3v) is 5.14. The molecule has 0 aliphatic carbocycles. The number of furan rings is 1. The maximum Gasteiger partial charge on any atom is 0.213 e. The van der Waals surface area contributed by atoms with Crippen molar-refractivity contribution in [3.63, 3.8) is 0 Å². The molecule has 2 aliphatic rings. The first-order valence-corrected chi connectivity index (χ1v) is 8.99. The summed E-state index contributed by atoms with van der Waals surface area (Å²) in [7, 11) is 0. The molecule has 0 N–H and O–H groups in total. The molecule has 3 heterocycles. The van der Waals surface area contributed by atoms with E-state index in [0.29, 0.717) is 0 Å². The van der Waals surface area contributed by atoms with Gasteiger partial charge in [0.1, 0.15) is 17.2 Å². The number of hydrogen-bond acceptors (Lipinski definition) is 4. The zero-order chi connectivity index (χ0) is 16.8. The predicted octanol–water partition coefficient (Wildman–Crippen LogP) is 5.28. The molecule has 2 atom stereocenters. The van der Waals surface area contributed by atoms with Crippen LogP contribution < -0.4 is 4.74 Å². The van der Waals surface area contributed by atoms with Gasteiger partial charge in [0.2, 0.25) is 6.23 Å². The molecule has 0 spiro atoms. The quantitative estimate of drug-likeness (QED) is 0.592. The smallest absolute Gasteiger partial charge is 0.213 e. The number of hydrogen-bond donors (Lipinski definition) is 0. The Labute approximate surface area is 153 Å². The first-order chi connectivity index (χ1) is 12.3. The number of nitrogens with zero attached hydrogens (tertiary/aromatic N) is 2. The van der Waals surface area contributed by atoms with E-state index in [2.05, 4.69) is 39.1 Å². The molecular formula is C20H15BrN2O2. The van der Waals surface area contributed by atoms with Crippen LogP contribution in [0.2, 0.25) is 0 Å². The summed E-state index contributed by atoms with van der Waals surface area (Å²) in [4.78, 5) is 0. The van der Waals surface area contributed by atoms with Gasteiger partial charge in [-0.1, -0.05) is 46.3 Å². The van der Waals surface area contributed by atoms with Crippen molar-refractivity contribution < 1.29 is 9.15 Å². The highest BCUT2D eigenvalue weighted by molar-refractivity contribution is 9.10. The maximum atomic E-state index is 6.32. The summed E-state index contributed by atoms with van der Waals surface area (Å²) in [6, 6.07) is 20.4. The van der Waals surface area contributed by atoms with Crippen molar-refractivity contribution >= 4 is 21.6 Å². The van der Waals surface area contributed by atoms with E-state index < -0.39 is 0 Å². The van der Waals surface area contributed by atoms with Crippen LogP contribution in [0, 0.1) is 0 Å². The van der Waals surface area contributed by atoms with E-state index in [9.17, 15) is 0 Å². The second-order valence-electron chi connectivity index (χ2n) is 6.19. The van der Waals surface area contributed by atoms with Gasteiger partial charge in [0.25, 0.3) is 0 Å². The van der Waals surface area contributed by atoms with Gasteiger partial charge in [0.15, 0.2) is 0 Å². The summed E-state index contributed by atoms with van der Waals surface area (Å²) >= 11 is 3.57. The summed E-state index contributed by atoms with van der Waals surface area (Å²) in [5.74, 6) is 1.73. The minimum atomic E-state index is -0.243. The molecule has 2 aromatic carbocycles. The number of hydrazone groups is 1. The van der Waals surface area contributed by atoms with Gasteiger partial charge in [-0.3, -0.25) is 0 Å². The second kappa shape index (κ2) is 5.77. The fourth-order valence-electron chi connectivity index (χ4n) is 3.49. The Morgan fingerprint density at radius 3 is 2.72 bits per heavy atom. The predicted molar refractivity (Wildman–Crippen MR) is 98.4 cm³/mol. The van der Waals surface area contributed by atoms with Crippen LogP contribution in [0.4, 0.5) is 0 Å². The maximum absolute atomic E-state index is 6.32.